The minimum atomic E-state index is -0.163. The van der Waals surface area contributed by atoms with Gasteiger partial charge in [-0.15, -0.1) is 0 Å². The molecular formula is C46H49Cl2N9O4. The summed E-state index contributed by atoms with van der Waals surface area (Å²) >= 11 is 13.6. The van der Waals surface area contributed by atoms with Crippen molar-refractivity contribution in [2.45, 2.75) is 60.0 Å². The van der Waals surface area contributed by atoms with Gasteiger partial charge in [-0.3, -0.25) is 19.0 Å². The fourth-order valence-electron chi connectivity index (χ4n) is 9.23. The number of rotatable bonds is 10. The van der Waals surface area contributed by atoms with E-state index in [9.17, 15) is 4.79 Å². The number of carbonyl (C=O) groups is 2. The van der Waals surface area contributed by atoms with Gasteiger partial charge < -0.3 is 28.4 Å². The number of halogens is 2. The highest BCUT2D eigenvalue weighted by molar-refractivity contribution is 6.35. The molecule has 13 nitrogen and oxygen atoms in total. The molecule has 7 aromatic rings. The van der Waals surface area contributed by atoms with Gasteiger partial charge in [-0.05, 0) is 101 Å². The first-order valence-electron chi connectivity index (χ1n) is 20.7. The molecule has 6 heterocycles. The van der Waals surface area contributed by atoms with Gasteiger partial charge in [-0.2, -0.15) is 10.2 Å². The minimum Gasteiger partial charge on any atom is -0.494 e. The van der Waals surface area contributed by atoms with Crippen molar-refractivity contribution >= 4 is 62.5 Å². The summed E-state index contributed by atoms with van der Waals surface area (Å²) in [5, 5.41) is 12.5. The van der Waals surface area contributed by atoms with Crippen LogP contribution in [0.4, 0.5) is 5.69 Å². The lowest BCUT2D eigenvalue weighted by atomic mass is 9.98. The summed E-state index contributed by atoms with van der Waals surface area (Å²) in [5.74, 6) is 1.21. The number of hydrogen-bond acceptors (Lipinski definition) is 7. The number of morpholine rings is 1. The van der Waals surface area contributed by atoms with Crippen molar-refractivity contribution in [3.8, 4) is 28.3 Å². The van der Waals surface area contributed by atoms with Gasteiger partial charge in [-0.1, -0.05) is 29.3 Å². The Labute approximate surface area is 364 Å². The van der Waals surface area contributed by atoms with Crippen molar-refractivity contribution in [3.05, 3.63) is 98.8 Å². The summed E-state index contributed by atoms with van der Waals surface area (Å²) in [6.45, 7) is 13.2. The van der Waals surface area contributed by atoms with Crippen LogP contribution in [0.25, 0.3) is 44.3 Å². The molecule has 0 radical (unpaired) electrons. The molecule has 0 unspecified atom stereocenters. The molecule has 2 aliphatic heterocycles. The van der Waals surface area contributed by atoms with Gasteiger partial charge in [0, 0.05) is 84.1 Å². The number of fused-ring (bicyclic) bond motifs is 4. The van der Waals surface area contributed by atoms with Crippen LogP contribution in [-0.2, 0) is 36.6 Å². The predicted molar refractivity (Wildman–Crippen MR) is 239 cm³/mol. The maximum absolute atomic E-state index is 15.6. The highest BCUT2D eigenvalue weighted by Gasteiger charge is 2.38. The maximum Gasteiger partial charge on any atom is 0.275 e. The van der Waals surface area contributed by atoms with Crippen LogP contribution >= 0.6 is 23.2 Å². The lowest BCUT2D eigenvalue weighted by molar-refractivity contribution is -0.135. The Morgan fingerprint density at radius 2 is 1.70 bits per heavy atom. The SMILES string of the molecule is Cc1cc(OCCCc2c3n(c4c(-c5c(C)nn(C)c5C)c(Cl)ccc24)[C@H](C)CN(c2cn(CC(=O)N4CCOCC4)c4ccc(-c5ncn(C)n5)cc24)C3=O)cc(C)c1Cl. The lowest BCUT2D eigenvalue weighted by Gasteiger charge is -2.34. The zero-order valence-corrected chi connectivity index (χ0v) is 37.1. The van der Waals surface area contributed by atoms with E-state index >= 15 is 4.79 Å². The van der Waals surface area contributed by atoms with Gasteiger partial charge in [0.25, 0.3) is 5.91 Å². The second kappa shape index (κ2) is 16.0. The molecule has 0 aliphatic carbocycles. The topological polar surface area (TPSA) is 117 Å². The Bertz CT molecular complexity index is 2860. The molecular weight excluding hydrogens is 813 g/mol. The minimum absolute atomic E-state index is 0.000456. The van der Waals surface area contributed by atoms with Gasteiger partial charge in [-0.25, -0.2) is 4.98 Å². The molecule has 2 aliphatic rings. The number of nitrogens with zero attached hydrogens (tertiary/aromatic N) is 9. The lowest BCUT2D eigenvalue weighted by Crippen LogP contribution is -2.43. The zero-order valence-electron chi connectivity index (χ0n) is 35.6. The smallest absolute Gasteiger partial charge is 0.275 e. The molecule has 3 aromatic carbocycles. The highest BCUT2D eigenvalue weighted by Crippen LogP contribution is 2.46. The number of ether oxygens (including phenoxy) is 2. The fourth-order valence-corrected chi connectivity index (χ4v) is 9.59. The standard InChI is InChI=1S/C46H49Cl2N9O4/c1-26-19-32(20-27(2)42(26)48)61-16-8-9-33-34-11-12-36(47)41(40-29(4)50-53(7)30(40)5)43(34)57-28(3)22-56(46(59)44(33)57)38-23-55(24-39(58)54-14-17-60-18-15-54)37-13-10-31(21-35(37)38)45-49-25-52(6)51-45/h10-13,19-21,23,25,28H,8-9,14-18,22,24H2,1-7H3/t28-/m1/s1. The second-order valence-electron chi connectivity index (χ2n) is 16.4. The first-order valence-corrected chi connectivity index (χ1v) is 21.5. The zero-order chi connectivity index (χ0) is 42.9. The molecule has 1 fully saturated rings. The normalized spacial score (nSPS) is 15.7. The molecule has 2 amide bonds. The number of aromatic nitrogens is 7. The van der Waals surface area contributed by atoms with Crippen molar-refractivity contribution in [3.63, 3.8) is 0 Å². The average Bonchev–Trinajstić information content (AvgIpc) is 3.99. The third-order valence-electron chi connectivity index (χ3n) is 12.2. The Morgan fingerprint density at radius 3 is 2.39 bits per heavy atom. The van der Waals surface area contributed by atoms with E-state index in [1.54, 1.807) is 11.0 Å². The molecule has 0 saturated carbocycles. The third-order valence-corrected chi connectivity index (χ3v) is 13.2. The van der Waals surface area contributed by atoms with E-state index in [2.05, 4.69) is 27.6 Å². The van der Waals surface area contributed by atoms with Gasteiger partial charge in [0.1, 0.15) is 24.3 Å². The van der Waals surface area contributed by atoms with E-state index in [1.165, 1.54) is 0 Å². The third kappa shape index (κ3) is 7.15. The van der Waals surface area contributed by atoms with Crippen molar-refractivity contribution < 1.29 is 19.1 Å². The summed E-state index contributed by atoms with van der Waals surface area (Å²) in [6.07, 6.45) is 4.85. The molecule has 1 saturated heterocycles. The van der Waals surface area contributed by atoms with E-state index in [4.69, 9.17) is 37.8 Å². The summed E-state index contributed by atoms with van der Waals surface area (Å²) in [7, 11) is 3.77. The largest absolute Gasteiger partial charge is 0.494 e. The van der Waals surface area contributed by atoms with E-state index in [0.717, 1.165) is 83.0 Å². The van der Waals surface area contributed by atoms with Crippen LogP contribution in [0.1, 0.15) is 58.0 Å². The van der Waals surface area contributed by atoms with Gasteiger partial charge in [0.15, 0.2) is 5.82 Å². The predicted octanol–water partition coefficient (Wildman–Crippen LogP) is 8.42. The first kappa shape index (κ1) is 40.8. The fraction of sp³-hybridized carbons (Fsp3) is 0.370. The summed E-state index contributed by atoms with van der Waals surface area (Å²) in [4.78, 5) is 37.5. The molecule has 9 rings (SSSR count). The Hall–Kier alpha value is -5.63. The van der Waals surface area contributed by atoms with Crippen LogP contribution in [0.3, 0.4) is 0 Å². The van der Waals surface area contributed by atoms with Gasteiger partial charge >= 0.3 is 0 Å². The number of hydrogen-bond donors (Lipinski definition) is 0. The molecule has 0 bridgehead atoms. The molecule has 1 atom stereocenters. The first-order chi connectivity index (χ1) is 29.3. The van der Waals surface area contributed by atoms with Crippen LogP contribution < -0.4 is 9.64 Å². The van der Waals surface area contributed by atoms with E-state index < -0.39 is 0 Å². The number of carbonyl (C=O) groups excluding carboxylic acids is 2. The quantitative estimate of drug-likeness (QED) is 0.127. The molecule has 15 heteroatoms. The van der Waals surface area contributed by atoms with Crippen molar-refractivity contribution in [1.82, 2.24) is 38.6 Å². The summed E-state index contributed by atoms with van der Waals surface area (Å²) in [6, 6.07) is 13.7. The average molecular weight is 863 g/mol. The molecule has 61 heavy (non-hydrogen) atoms. The van der Waals surface area contributed by atoms with Crippen LogP contribution in [0.5, 0.6) is 5.75 Å². The van der Waals surface area contributed by atoms with Crippen molar-refractivity contribution in [1.29, 1.82) is 0 Å². The molecule has 0 spiro atoms. The van der Waals surface area contributed by atoms with Gasteiger partial charge in [0.05, 0.1) is 47.3 Å². The Morgan fingerprint density at radius 1 is 0.951 bits per heavy atom. The molecule has 4 aromatic heterocycles. The van der Waals surface area contributed by atoms with E-state index in [1.807, 2.05) is 103 Å². The Balaban J connectivity index is 1.17. The molecule has 316 valence electrons. The van der Waals surface area contributed by atoms with E-state index in [-0.39, 0.29) is 24.4 Å². The maximum atomic E-state index is 15.6. The van der Waals surface area contributed by atoms with Gasteiger partial charge in [0.2, 0.25) is 5.91 Å². The summed E-state index contributed by atoms with van der Waals surface area (Å²) < 4.78 is 19.5. The molecule has 0 N–H and O–H groups in total. The monoisotopic (exact) mass is 861 g/mol. The van der Waals surface area contributed by atoms with Crippen LogP contribution in [0.2, 0.25) is 10.0 Å². The number of aryl methyl sites for hydroxylation is 6. The number of amides is 2. The second-order valence-corrected chi connectivity index (χ2v) is 17.2. The van der Waals surface area contributed by atoms with Crippen LogP contribution in [-0.4, -0.2) is 89.8 Å². The van der Waals surface area contributed by atoms with Crippen molar-refractivity contribution in [2.75, 3.05) is 44.4 Å². The van der Waals surface area contributed by atoms with E-state index in [0.29, 0.717) is 68.8 Å². The van der Waals surface area contributed by atoms with Crippen LogP contribution in [0, 0.1) is 27.7 Å². The Kier molecular flexibility index (Phi) is 10.7. The van der Waals surface area contributed by atoms with Crippen molar-refractivity contribution in [2.24, 2.45) is 14.1 Å². The highest BCUT2D eigenvalue weighted by atomic mass is 35.5. The summed E-state index contributed by atoms with van der Waals surface area (Å²) in [5.41, 5.74) is 10.4. The number of anilines is 1. The number of benzene rings is 3. The van der Waals surface area contributed by atoms with Crippen LogP contribution in [0.15, 0.2) is 55.0 Å².